The van der Waals surface area contributed by atoms with Gasteiger partial charge in [-0.15, -0.1) is 0 Å². The molecule has 1 aliphatic heterocycles. The standard InChI is InChI=1S/C15H23N3O2/c1-17(7-5-11-3-4-11)15(19)13-9-18(2)16-14(13)12-6-8-20-10-12/h9,11-12H,3-8,10H2,1-2H3. The average Bonchev–Trinajstić information content (AvgIpc) is 2.95. The van der Waals surface area contributed by atoms with Crippen LogP contribution >= 0.6 is 0 Å². The number of nitrogens with zero attached hydrogens (tertiary/aromatic N) is 3. The van der Waals surface area contributed by atoms with Gasteiger partial charge in [-0.3, -0.25) is 9.48 Å². The molecule has 1 aromatic heterocycles. The molecule has 1 aromatic rings. The molecular weight excluding hydrogens is 254 g/mol. The van der Waals surface area contributed by atoms with Crippen molar-refractivity contribution in [2.45, 2.75) is 31.6 Å². The number of carbonyl (C=O) groups excluding carboxylic acids is 1. The van der Waals surface area contributed by atoms with E-state index in [0.717, 1.165) is 43.2 Å². The summed E-state index contributed by atoms with van der Waals surface area (Å²) in [4.78, 5) is 14.4. The number of amides is 1. The van der Waals surface area contributed by atoms with Crippen molar-refractivity contribution >= 4 is 5.91 Å². The first-order valence-corrected chi connectivity index (χ1v) is 7.52. The molecule has 1 aliphatic carbocycles. The lowest BCUT2D eigenvalue weighted by Gasteiger charge is -2.17. The lowest BCUT2D eigenvalue weighted by molar-refractivity contribution is 0.0790. The molecule has 1 saturated heterocycles. The highest BCUT2D eigenvalue weighted by Gasteiger charge is 2.28. The Hall–Kier alpha value is -1.36. The minimum absolute atomic E-state index is 0.0978. The van der Waals surface area contributed by atoms with E-state index >= 15 is 0 Å². The van der Waals surface area contributed by atoms with Gasteiger partial charge in [0.15, 0.2) is 0 Å². The lowest BCUT2D eigenvalue weighted by Crippen LogP contribution is -2.28. The van der Waals surface area contributed by atoms with Gasteiger partial charge in [-0.25, -0.2) is 0 Å². The Morgan fingerprint density at radius 1 is 1.50 bits per heavy atom. The topological polar surface area (TPSA) is 47.4 Å². The molecule has 2 fully saturated rings. The van der Waals surface area contributed by atoms with Crippen LogP contribution in [-0.4, -0.2) is 47.4 Å². The molecule has 2 heterocycles. The maximum absolute atomic E-state index is 12.6. The van der Waals surface area contributed by atoms with E-state index in [1.165, 1.54) is 12.8 Å². The predicted octanol–water partition coefficient (Wildman–Crippen LogP) is 1.80. The summed E-state index contributed by atoms with van der Waals surface area (Å²) in [6, 6.07) is 0. The molecule has 2 aliphatic rings. The highest BCUT2D eigenvalue weighted by atomic mass is 16.5. The summed E-state index contributed by atoms with van der Waals surface area (Å²) in [6.45, 7) is 2.30. The molecule has 1 amide bonds. The fraction of sp³-hybridized carbons (Fsp3) is 0.733. The average molecular weight is 277 g/mol. The summed E-state index contributed by atoms with van der Waals surface area (Å²) in [5.74, 6) is 1.22. The molecule has 1 saturated carbocycles. The van der Waals surface area contributed by atoms with Gasteiger partial charge in [0.05, 0.1) is 17.9 Å². The van der Waals surface area contributed by atoms with Crippen molar-refractivity contribution in [1.82, 2.24) is 14.7 Å². The Balaban J connectivity index is 1.72. The normalized spacial score (nSPS) is 22.2. The Bertz CT molecular complexity index is 487. The predicted molar refractivity (Wildman–Crippen MR) is 75.7 cm³/mol. The van der Waals surface area contributed by atoms with Crippen LogP contribution in [0.25, 0.3) is 0 Å². The van der Waals surface area contributed by atoms with E-state index in [2.05, 4.69) is 5.10 Å². The van der Waals surface area contributed by atoms with Crippen molar-refractivity contribution in [2.75, 3.05) is 26.8 Å². The zero-order valence-electron chi connectivity index (χ0n) is 12.3. The highest BCUT2D eigenvalue weighted by Crippen LogP contribution is 2.32. The maximum Gasteiger partial charge on any atom is 0.257 e. The maximum atomic E-state index is 12.6. The Kier molecular flexibility index (Phi) is 3.78. The smallest absolute Gasteiger partial charge is 0.257 e. The second-order valence-electron chi connectivity index (χ2n) is 6.12. The molecule has 1 unspecified atom stereocenters. The molecule has 3 rings (SSSR count). The van der Waals surface area contributed by atoms with Gasteiger partial charge < -0.3 is 9.64 Å². The van der Waals surface area contributed by atoms with Crippen LogP contribution < -0.4 is 0 Å². The van der Waals surface area contributed by atoms with E-state index in [-0.39, 0.29) is 11.8 Å². The van der Waals surface area contributed by atoms with Crippen LogP contribution in [0.5, 0.6) is 0 Å². The van der Waals surface area contributed by atoms with Gasteiger partial charge in [-0.2, -0.15) is 5.10 Å². The van der Waals surface area contributed by atoms with E-state index in [4.69, 9.17) is 4.74 Å². The minimum atomic E-state index is 0.0978. The van der Waals surface area contributed by atoms with E-state index < -0.39 is 0 Å². The number of hydrogen-bond acceptors (Lipinski definition) is 3. The zero-order chi connectivity index (χ0) is 14.1. The van der Waals surface area contributed by atoms with Crippen LogP contribution in [0.3, 0.4) is 0 Å². The zero-order valence-corrected chi connectivity index (χ0v) is 12.3. The molecule has 0 aromatic carbocycles. The van der Waals surface area contributed by atoms with Gasteiger partial charge in [-0.05, 0) is 18.8 Å². The van der Waals surface area contributed by atoms with Crippen LogP contribution in [-0.2, 0) is 11.8 Å². The highest BCUT2D eigenvalue weighted by molar-refractivity contribution is 5.95. The molecule has 0 radical (unpaired) electrons. The monoisotopic (exact) mass is 277 g/mol. The fourth-order valence-corrected chi connectivity index (χ4v) is 2.81. The Labute approximate surface area is 119 Å². The first kappa shape index (κ1) is 13.6. The number of aromatic nitrogens is 2. The van der Waals surface area contributed by atoms with E-state index in [0.29, 0.717) is 6.61 Å². The Morgan fingerprint density at radius 3 is 2.95 bits per heavy atom. The van der Waals surface area contributed by atoms with E-state index in [1.807, 2.05) is 25.2 Å². The van der Waals surface area contributed by atoms with Gasteiger partial charge >= 0.3 is 0 Å². The number of carbonyl (C=O) groups is 1. The molecular formula is C15H23N3O2. The molecule has 5 nitrogen and oxygen atoms in total. The second kappa shape index (κ2) is 5.56. The summed E-state index contributed by atoms with van der Waals surface area (Å²) in [5.41, 5.74) is 1.66. The van der Waals surface area contributed by atoms with Crippen molar-refractivity contribution in [3.8, 4) is 0 Å². The molecule has 0 N–H and O–H groups in total. The SMILES string of the molecule is CN(CCC1CC1)C(=O)c1cn(C)nc1C1CCOC1. The number of hydrogen-bond donors (Lipinski definition) is 0. The summed E-state index contributed by atoms with van der Waals surface area (Å²) in [6.07, 6.45) is 6.61. The van der Waals surface area contributed by atoms with Crippen LogP contribution in [0.4, 0.5) is 0 Å². The van der Waals surface area contributed by atoms with Gasteiger partial charge in [0.25, 0.3) is 5.91 Å². The van der Waals surface area contributed by atoms with Crippen LogP contribution in [0.15, 0.2) is 6.20 Å². The van der Waals surface area contributed by atoms with Crippen LogP contribution in [0, 0.1) is 5.92 Å². The third kappa shape index (κ3) is 2.87. The van der Waals surface area contributed by atoms with Crippen molar-refractivity contribution in [3.05, 3.63) is 17.5 Å². The van der Waals surface area contributed by atoms with E-state index in [1.54, 1.807) is 4.68 Å². The summed E-state index contributed by atoms with van der Waals surface area (Å²) >= 11 is 0. The minimum Gasteiger partial charge on any atom is -0.381 e. The van der Waals surface area contributed by atoms with Crippen molar-refractivity contribution in [1.29, 1.82) is 0 Å². The van der Waals surface area contributed by atoms with Gasteiger partial charge in [-0.1, -0.05) is 12.8 Å². The van der Waals surface area contributed by atoms with Crippen molar-refractivity contribution in [3.63, 3.8) is 0 Å². The number of ether oxygens (including phenoxy) is 1. The van der Waals surface area contributed by atoms with Crippen molar-refractivity contribution in [2.24, 2.45) is 13.0 Å². The molecule has 20 heavy (non-hydrogen) atoms. The lowest BCUT2D eigenvalue weighted by atomic mass is 10.0. The quantitative estimate of drug-likeness (QED) is 0.824. The van der Waals surface area contributed by atoms with Crippen molar-refractivity contribution < 1.29 is 9.53 Å². The number of rotatable bonds is 5. The molecule has 1 atom stereocenters. The molecule has 0 spiro atoms. The van der Waals surface area contributed by atoms with Gasteiger partial charge in [0.1, 0.15) is 0 Å². The third-order valence-corrected chi connectivity index (χ3v) is 4.32. The molecule has 0 bridgehead atoms. The Morgan fingerprint density at radius 2 is 2.30 bits per heavy atom. The second-order valence-corrected chi connectivity index (χ2v) is 6.12. The first-order chi connectivity index (χ1) is 9.65. The summed E-state index contributed by atoms with van der Waals surface area (Å²) in [7, 11) is 3.77. The largest absolute Gasteiger partial charge is 0.381 e. The van der Waals surface area contributed by atoms with Crippen LogP contribution in [0.1, 0.15) is 47.7 Å². The summed E-state index contributed by atoms with van der Waals surface area (Å²) < 4.78 is 7.17. The van der Waals surface area contributed by atoms with Gasteiger partial charge in [0.2, 0.25) is 0 Å². The first-order valence-electron chi connectivity index (χ1n) is 7.52. The molecule has 110 valence electrons. The summed E-state index contributed by atoms with van der Waals surface area (Å²) in [5, 5.41) is 4.49. The fourth-order valence-electron chi connectivity index (χ4n) is 2.81. The van der Waals surface area contributed by atoms with E-state index in [9.17, 15) is 4.79 Å². The third-order valence-electron chi connectivity index (χ3n) is 4.32. The van der Waals surface area contributed by atoms with Gasteiger partial charge in [0, 0.05) is 39.4 Å². The van der Waals surface area contributed by atoms with Crippen LogP contribution in [0.2, 0.25) is 0 Å². The number of aryl methyl sites for hydroxylation is 1. The molecule has 5 heteroatoms.